The van der Waals surface area contributed by atoms with Crippen LogP contribution in [0.4, 0.5) is 22.0 Å². The molecule has 0 amide bonds. The van der Waals surface area contributed by atoms with Crippen LogP contribution >= 0.6 is 0 Å². The molecule has 20 heavy (non-hydrogen) atoms. The normalized spacial score (nSPS) is 11.4. The van der Waals surface area contributed by atoms with Gasteiger partial charge in [0.2, 0.25) is 34.8 Å². The van der Waals surface area contributed by atoms with Crippen LogP contribution in [-0.2, 0) is 9.59 Å². The van der Waals surface area contributed by atoms with Crippen LogP contribution in [0.2, 0.25) is 0 Å². The summed E-state index contributed by atoms with van der Waals surface area (Å²) in [6, 6.07) is 0. The Kier molecular flexibility index (Phi) is 4.59. The minimum absolute atomic E-state index is 0.360. The lowest BCUT2D eigenvalue weighted by molar-refractivity contribution is -0.130. The van der Waals surface area contributed by atoms with Crippen molar-refractivity contribution < 1.29 is 36.3 Å². The Labute approximate surface area is 109 Å². The fourth-order valence-corrected chi connectivity index (χ4v) is 1.21. The van der Waals surface area contributed by atoms with Crippen molar-refractivity contribution in [3.8, 4) is 5.75 Å². The molecule has 1 aromatic carbocycles. The van der Waals surface area contributed by atoms with E-state index in [1.807, 2.05) is 0 Å². The summed E-state index contributed by atoms with van der Waals surface area (Å²) in [5, 5.41) is 0. The van der Waals surface area contributed by atoms with E-state index in [9.17, 15) is 31.5 Å². The van der Waals surface area contributed by atoms with Gasteiger partial charge in [-0.1, -0.05) is 0 Å². The zero-order valence-corrected chi connectivity index (χ0v) is 10.2. The van der Waals surface area contributed by atoms with Gasteiger partial charge in [-0.2, -0.15) is 8.78 Å². The molecule has 0 spiro atoms. The third-order valence-corrected chi connectivity index (χ3v) is 2.11. The van der Waals surface area contributed by atoms with Crippen LogP contribution in [0.15, 0.2) is 11.6 Å². The molecule has 0 saturated heterocycles. The van der Waals surface area contributed by atoms with Crippen LogP contribution in [0.5, 0.6) is 5.75 Å². The first-order valence-corrected chi connectivity index (χ1v) is 5.09. The van der Waals surface area contributed by atoms with E-state index in [1.54, 1.807) is 0 Å². The molecule has 0 aliphatic rings. The number of esters is 1. The van der Waals surface area contributed by atoms with Crippen LogP contribution in [0.25, 0.3) is 0 Å². The van der Waals surface area contributed by atoms with Crippen LogP contribution in [0.1, 0.15) is 13.8 Å². The smallest absolute Gasteiger partial charge is 0.339 e. The van der Waals surface area contributed by atoms with Gasteiger partial charge in [-0.15, -0.1) is 0 Å². The summed E-state index contributed by atoms with van der Waals surface area (Å²) in [4.78, 5) is 22.0. The Balaban J connectivity index is 3.24. The van der Waals surface area contributed by atoms with Gasteiger partial charge in [-0.25, -0.2) is 18.0 Å². The van der Waals surface area contributed by atoms with Gasteiger partial charge in [0.25, 0.3) is 0 Å². The Bertz CT molecular complexity index is 593. The van der Waals surface area contributed by atoms with Crippen molar-refractivity contribution in [2.75, 3.05) is 0 Å². The number of allylic oxidation sites excluding steroid dienone is 1. The molecule has 0 radical (unpaired) electrons. The summed E-state index contributed by atoms with van der Waals surface area (Å²) in [6.07, 6.45) is 0.786. The van der Waals surface area contributed by atoms with E-state index in [1.165, 1.54) is 0 Å². The maximum absolute atomic E-state index is 13.2. The van der Waals surface area contributed by atoms with Gasteiger partial charge in [0, 0.05) is 5.57 Å². The quantitative estimate of drug-likeness (QED) is 0.215. The molecule has 1 aromatic rings. The van der Waals surface area contributed by atoms with Crippen molar-refractivity contribution in [2.24, 2.45) is 0 Å². The standard InChI is InChI=1S/C12H7F5O3/c1-4(3-5(2)18)12(19)20-11-9(16)7(14)6(13)8(15)10(11)17/h3H,1-2H3/b4-3-. The van der Waals surface area contributed by atoms with Crippen LogP contribution in [0.3, 0.4) is 0 Å². The molecule has 0 aliphatic carbocycles. The Morgan fingerprint density at radius 3 is 1.65 bits per heavy atom. The molecule has 8 heteroatoms. The molecular weight excluding hydrogens is 287 g/mol. The highest BCUT2D eigenvalue weighted by Crippen LogP contribution is 2.29. The molecule has 0 N–H and O–H groups in total. The topological polar surface area (TPSA) is 43.4 Å². The Hall–Kier alpha value is -2.25. The Morgan fingerprint density at radius 2 is 1.25 bits per heavy atom. The van der Waals surface area contributed by atoms with Crippen LogP contribution in [0, 0.1) is 29.1 Å². The monoisotopic (exact) mass is 294 g/mol. The number of ether oxygens (including phenoxy) is 1. The van der Waals surface area contributed by atoms with Gasteiger partial charge in [0.1, 0.15) is 0 Å². The van der Waals surface area contributed by atoms with Crippen LogP contribution < -0.4 is 4.74 Å². The molecule has 0 bridgehead atoms. The molecule has 1 rings (SSSR count). The molecule has 0 fully saturated rings. The zero-order valence-electron chi connectivity index (χ0n) is 10.2. The lowest BCUT2D eigenvalue weighted by Crippen LogP contribution is -2.14. The average Bonchev–Trinajstić information content (AvgIpc) is 2.38. The maximum atomic E-state index is 13.2. The van der Waals surface area contributed by atoms with Gasteiger partial charge in [0.05, 0.1) is 0 Å². The fraction of sp³-hybridized carbons (Fsp3) is 0.167. The van der Waals surface area contributed by atoms with Crippen molar-refractivity contribution in [3.05, 3.63) is 40.7 Å². The van der Waals surface area contributed by atoms with E-state index in [-0.39, 0.29) is 5.57 Å². The zero-order chi connectivity index (χ0) is 15.6. The van der Waals surface area contributed by atoms with E-state index < -0.39 is 46.6 Å². The highest BCUT2D eigenvalue weighted by Gasteiger charge is 2.28. The summed E-state index contributed by atoms with van der Waals surface area (Å²) >= 11 is 0. The maximum Gasteiger partial charge on any atom is 0.339 e. The van der Waals surface area contributed by atoms with E-state index >= 15 is 0 Å². The van der Waals surface area contributed by atoms with Gasteiger partial charge < -0.3 is 4.74 Å². The summed E-state index contributed by atoms with van der Waals surface area (Å²) in [5.41, 5.74) is -0.360. The highest BCUT2D eigenvalue weighted by molar-refractivity contribution is 5.98. The number of carbonyl (C=O) groups is 2. The molecule has 0 saturated carbocycles. The van der Waals surface area contributed by atoms with Gasteiger partial charge in [-0.05, 0) is 19.9 Å². The van der Waals surface area contributed by atoms with Crippen molar-refractivity contribution >= 4 is 11.8 Å². The molecule has 0 aromatic heterocycles. The van der Waals surface area contributed by atoms with E-state index in [0.29, 0.717) is 0 Å². The minimum atomic E-state index is -2.37. The molecule has 0 aliphatic heterocycles. The summed E-state index contributed by atoms with van der Waals surface area (Å²) in [5.74, 6) is -15.1. The summed E-state index contributed by atoms with van der Waals surface area (Å²) in [7, 11) is 0. The van der Waals surface area contributed by atoms with Gasteiger partial charge in [-0.3, -0.25) is 4.79 Å². The third-order valence-electron chi connectivity index (χ3n) is 2.11. The number of benzene rings is 1. The second-order valence-corrected chi connectivity index (χ2v) is 3.73. The lowest BCUT2D eigenvalue weighted by Gasteiger charge is -2.08. The highest BCUT2D eigenvalue weighted by atomic mass is 19.2. The Morgan fingerprint density at radius 1 is 0.850 bits per heavy atom. The molecule has 0 heterocycles. The molecule has 3 nitrogen and oxygen atoms in total. The SMILES string of the molecule is CC(=O)/C=C(/C)C(=O)Oc1c(F)c(F)c(F)c(F)c1F. The third kappa shape index (κ3) is 3.01. The molecular formula is C12H7F5O3. The van der Waals surface area contributed by atoms with Crippen molar-refractivity contribution in [2.45, 2.75) is 13.8 Å². The number of ketones is 1. The summed E-state index contributed by atoms with van der Waals surface area (Å²) < 4.78 is 68.9. The predicted molar refractivity (Wildman–Crippen MR) is 56.3 cm³/mol. The summed E-state index contributed by atoms with van der Waals surface area (Å²) in [6.45, 7) is 2.17. The second kappa shape index (κ2) is 5.81. The van der Waals surface area contributed by atoms with Crippen molar-refractivity contribution in [1.29, 1.82) is 0 Å². The minimum Gasteiger partial charge on any atom is -0.417 e. The van der Waals surface area contributed by atoms with Crippen molar-refractivity contribution in [3.63, 3.8) is 0 Å². The van der Waals surface area contributed by atoms with E-state index in [0.717, 1.165) is 19.9 Å². The number of hydrogen-bond donors (Lipinski definition) is 0. The number of rotatable bonds is 3. The molecule has 0 atom stereocenters. The molecule has 0 unspecified atom stereocenters. The largest absolute Gasteiger partial charge is 0.417 e. The lowest BCUT2D eigenvalue weighted by atomic mass is 10.2. The first-order valence-electron chi connectivity index (χ1n) is 5.09. The average molecular weight is 294 g/mol. The van der Waals surface area contributed by atoms with Crippen LogP contribution in [-0.4, -0.2) is 11.8 Å². The van der Waals surface area contributed by atoms with E-state index in [4.69, 9.17) is 0 Å². The number of carbonyl (C=O) groups excluding carboxylic acids is 2. The van der Waals surface area contributed by atoms with E-state index in [2.05, 4.69) is 4.74 Å². The van der Waals surface area contributed by atoms with Gasteiger partial charge >= 0.3 is 5.97 Å². The van der Waals surface area contributed by atoms with Gasteiger partial charge in [0.15, 0.2) is 5.78 Å². The second-order valence-electron chi connectivity index (χ2n) is 3.73. The number of hydrogen-bond acceptors (Lipinski definition) is 3. The first-order chi connectivity index (χ1) is 9.16. The van der Waals surface area contributed by atoms with Crippen molar-refractivity contribution in [1.82, 2.24) is 0 Å². The molecule has 108 valence electrons. The number of halogens is 5. The first kappa shape index (κ1) is 15.8. The fourth-order valence-electron chi connectivity index (χ4n) is 1.21. The predicted octanol–water partition coefficient (Wildman–Crippen LogP) is 2.82.